The smallest absolute Gasteiger partial charge is 0.0695 e. The van der Waals surface area contributed by atoms with Crippen LogP contribution in [0.3, 0.4) is 0 Å². The minimum Gasteiger partial charge on any atom is -0.391 e. The molecule has 0 aromatic heterocycles. The summed E-state index contributed by atoms with van der Waals surface area (Å²) in [5.41, 5.74) is 0. The Morgan fingerprint density at radius 3 is 2.31 bits per heavy atom. The van der Waals surface area contributed by atoms with Gasteiger partial charge < -0.3 is 5.11 Å². The first-order valence-electron chi connectivity index (χ1n) is 5.69. The number of aliphatic hydroxyl groups is 1. The van der Waals surface area contributed by atoms with Crippen molar-refractivity contribution in [2.24, 2.45) is 5.92 Å². The number of rotatable bonds is 1. The molecule has 0 unspecified atom stereocenters. The maximum Gasteiger partial charge on any atom is 0.0695 e. The SMILES string of the molecule is CC1CCN([C@@H]2CCC[C@H]2O)CC1. The lowest BCUT2D eigenvalue weighted by Crippen LogP contribution is -2.44. The Morgan fingerprint density at radius 2 is 1.77 bits per heavy atom. The summed E-state index contributed by atoms with van der Waals surface area (Å²) in [6, 6.07) is 0.493. The van der Waals surface area contributed by atoms with Crippen molar-refractivity contribution in [2.45, 2.75) is 51.2 Å². The van der Waals surface area contributed by atoms with Gasteiger partial charge >= 0.3 is 0 Å². The normalized spacial score (nSPS) is 38.3. The average molecular weight is 183 g/mol. The first-order chi connectivity index (χ1) is 6.27. The predicted molar refractivity (Wildman–Crippen MR) is 53.6 cm³/mol. The second-order valence-corrected chi connectivity index (χ2v) is 4.78. The highest BCUT2D eigenvalue weighted by atomic mass is 16.3. The van der Waals surface area contributed by atoms with E-state index in [-0.39, 0.29) is 6.10 Å². The second kappa shape index (κ2) is 3.97. The Kier molecular flexibility index (Phi) is 2.89. The molecule has 13 heavy (non-hydrogen) atoms. The van der Waals surface area contributed by atoms with Crippen LogP contribution in [-0.2, 0) is 0 Å². The summed E-state index contributed by atoms with van der Waals surface area (Å²) in [6.45, 7) is 4.76. The van der Waals surface area contributed by atoms with Gasteiger partial charge in [-0.3, -0.25) is 4.90 Å². The lowest BCUT2D eigenvalue weighted by atomic mass is 9.97. The Morgan fingerprint density at radius 1 is 1.08 bits per heavy atom. The zero-order valence-electron chi connectivity index (χ0n) is 8.58. The van der Waals surface area contributed by atoms with Gasteiger partial charge in [0.15, 0.2) is 0 Å². The first kappa shape index (κ1) is 9.47. The number of nitrogens with zero attached hydrogens (tertiary/aromatic N) is 1. The van der Waals surface area contributed by atoms with Crippen LogP contribution in [-0.4, -0.2) is 35.2 Å². The lowest BCUT2D eigenvalue weighted by Gasteiger charge is -2.36. The summed E-state index contributed by atoms with van der Waals surface area (Å²) >= 11 is 0. The Balaban J connectivity index is 1.86. The third kappa shape index (κ3) is 2.05. The van der Waals surface area contributed by atoms with Gasteiger partial charge in [0.05, 0.1) is 6.10 Å². The van der Waals surface area contributed by atoms with Crippen molar-refractivity contribution in [2.75, 3.05) is 13.1 Å². The van der Waals surface area contributed by atoms with Gasteiger partial charge in [0.25, 0.3) is 0 Å². The van der Waals surface area contributed by atoms with Crippen molar-refractivity contribution in [1.29, 1.82) is 0 Å². The number of piperidine rings is 1. The van der Waals surface area contributed by atoms with Crippen LogP contribution in [0.5, 0.6) is 0 Å². The van der Waals surface area contributed by atoms with Gasteiger partial charge in [0.2, 0.25) is 0 Å². The maximum atomic E-state index is 9.77. The van der Waals surface area contributed by atoms with Crippen LogP contribution in [0.25, 0.3) is 0 Å². The topological polar surface area (TPSA) is 23.5 Å². The fourth-order valence-electron chi connectivity index (χ4n) is 2.71. The first-order valence-corrected chi connectivity index (χ1v) is 5.69. The number of aliphatic hydroxyl groups excluding tert-OH is 1. The zero-order chi connectivity index (χ0) is 9.26. The maximum absolute atomic E-state index is 9.77. The van der Waals surface area contributed by atoms with E-state index in [0.29, 0.717) is 6.04 Å². The van der Waals surface area contributed by atoms with Crippen LogP contribution in [0, 0.1) is 5.92 Å². The molecule has 0 radical (unpaired) electrons. The molecule has 2 fully saturated rings. The van der Waals surface area contributed by atoms with Gasteiger partial charge in [-0.25, -0.2) is 0 Å². The highest BCUT2D eigenvalue weighted by Crippen LogP contribution is 2.27. The third-order valence-corrected chi connectivity index (χ3v) is 3.73. The molecule has 1 aliphatic heterocycles. The van der Waals surface area contributed by atoms with E-state index in [1.165, 1.54) is 38.8 Å². The molecule has 0 bridgehead atoms. The quantitative estimate of drug-likeness (QED) is 0.668. The van der Waals surface area contributed by atoms with Crippen LogP contribution in [0.2, 0.25) is 0 Å². The van der Waals surface area contributed by atoms with Gasteiger partial charge in [-0.1, -0.05) is 6.92 Å². The molecule has 76 valence electrons. The highest BCUT2D eigenvalue weighted by Gasteiger charge is 2.31. The van der Waals surface area contributed by atoms with Gasteiger partial charge in [0.1, 0.15) is 0 Å². The molecule has 2 nitrogen and oxygen atoms in total. The van der Waals surface area contributed by atoms with Crippen molar-refractivity contribution in [3.05, 3.63) is 0 Å². The van der Waals surface area contributed by atoms with E-state index in [4.69, 9.17) is 0 Å². The molecule has 1 saturated carbocycles. The van der Waals surface area contributed by atoms with Crippen LogP contribution < -0.4 is 0 Å². The van der Waals surface area contributed by atoms with Crippen LogP contribution >= 0.6 is 0 Å². The Labute approximate surface area is 80.9 Å². The van der Waals surface area contributed by atoms with Crippen LogP contribution in [0.4, 0.5) is 0 Å². The summed E-state index contributed by atoms with van der Waals surface area (Å²) in [5.74, 6) is 0.898. The minimum atomic E-state index is -0.0339. The summed E-state index contributed by atoms with van der Waals surface area (Å²) in [5, 5.41) is 9.77. The molecule has 2 aliphatic rings. The molecule has 2 atom stereocenters. The Hall–Kier alpha value is -0.0800. The van der Waals surface area contributed by atoms with E-state index in [0.717, 1.165) is 12.3 Å². The molecule has 1 heterocycles. The van der Waals surface area contributed by atoms with Crippen molar-refractivity contribution in [3.63, 3.8) is 0 Å². The summed E-state index contributed by atoms with van der Waals surface area (Å²) in [7, 11) is 0. The monoisotopic (exact) mass is 183 g/mol. The molecule has 1 saturated heterocycles. The fourth-order valence-corrected chi connectivity index (χ4v) is 2.71. The summed E-state index contributed by atoms with van der Waals surface area (Å²) in [4.78, 5) is 2.51. The molecular formula is C11H21NO. The standard InChI is InChI=1S/C11H21NO/c1-9-5-7-12(8-6-9)10-3-2-4-11(10)13/h9-11,13H,2-8H2,1H3/t10-,11-/m1/s1. The van der Waals surface area contributed by atoms with E-state index in [1.54, 1.807) is 0 Å². The van der Waals surface area contributed by atoms with Gasteiger partial charge in [-0.15, -0.1) is 0 Å². The van der Waals surface area contributed by atoms with Gasteiger partial charge in [0, 0.05) is 6.04 Å². The van der Waals surface area contributed by atoms with Crippen molar-refractivity contribution in [3.8, 4) is 0 Å². The molecule has 0 aromatic carbocycles. The van der Waals surface area contributed by atoms with E-state index < -0.39 is 0 Å². The van der Waals surface area contributed by atoms with E-state index in [9.17, 15) is 5.11 Å². The van der Waals surface area contributed by atoms with E-state index in [2.05, 4.69) is 11.8 Å². The van der Waals surface area contributed by atoms with Crippen molar-refractivity contribution >= 4 is 0 Å². The molecule has 0 amide bonds. The van der Waals surface area contributed by atoms with Crippen LogP contribution in [0.15, 0.2) is 0 Å². The molecule has 1 aliphatic carbocycles. The average Bonchev–Trinajstić information content (AvgIpc) is 2.53. The zero-order valence-corrected chi connectivity index (χ0v) is 8.58. The third-order valence-electron chi connectivity index (χ3n) is 3.73. The Bertz CT molecular complexity index is 163. The molecule has 2 heteroatoms. The summed E-state index contributed by atoms with van der Waals surface area (Å²) < 4.78 is 0. The number of hydrogen-bond acceptors (Lipinski definition) is 2. The summed E-state index contributed by atoms with van der Waals surface area (Å²) in [6.07, 6.45) is 6.07. The molecular weight excluding hydrogens is 162 g/mol. The second-order valence-electron chi connectivity index (χ2n) is 4.78. The molecule has 0 spiro atoms. The predicted octanol–water partition coefficient (Wildman–Crippen LogP) is 1.63. The number of hydrogen-bond donors (Lipinski definition) is 1. The number of likely N-dealkylation sites (tertiary alicyclic amines) is 1. The largest absolute Gasteiger partial charge is 0.391 e. The molecule has 1 N–H and O–H groups in total. The van der Waals surface area contributed by atoms with Crippen molar-refractivity contribution in [1.82, 2.24) is 4.90 Å². The van der Waals surface area contributed by atoms with Crippen LogP contribution in [0.1, 0.15) is 39.0 Å². The molecule has 2 rings (SSSR count). The van der Waals surface area contributed by atoms with E-state index in [1.807, 2.05) is 0 Å². The lowest BCUT2D eigenvalue weighted by molar-refractivity contribution is 0.0501. The fraction of sp³-hybridized carbons (Fsp3) is 1.00. The highest BCUT2D eigenvalue weighted by molar-refractivity contribution is 4.87. The van der Waals surface area contributed by atoms with E-state index >= 15 is 0 Å². The molecule has 0 aromatic rings. The van der Waals surface area contributed by atoms with Gasteiger partial charge in [-0.2, -0.15) is 0 Å². The minimum absolute atomic E-state index is 0.0339. The van der Waals surface area contributed by atoms with Crippen molar-refractivity contribution < 1.29 is 5.11 Å². The van der Waals surface area contributed by atoms with Gasteiger partial charge in [-0.05, 0) is 51.1 Å².